The molecular weight excluding hydrogens is 180 g/mol. The minimum absolute atomic E-state index is 0.992. The number of hydrogen-bond acceptors (Lipinski definition) is 0. The van der Waals surface area contributed by atoms with Crippen molar-refractivity contribution in [3.05, 3.63) is 0 Å². The minimum atomic E-state index is 0.992. The molecule has 0 aliphatic heterocycles. The van der Waals surface area contributed by atoms with Gasteiger partial charge in [-0.05, 0) is 90.3 Å². The Balaban J connectivity index is 1.36. The van der Waals surface area contributed by atoms with Gasteiger partial charge < -0.3 is 0 Å². The van der Waals surface area contributed by atoms with Crippen LogP contribution in [0.2, 0.25) is 0 Å². The quantitative estimate of drug-likeness (QED) is 0.559. The van der Waals surface area contributed by atoms with Crippen LogP contribution in [0.25, 0.3) is 0 Å². The van der Waals surface area contributed by atoms with Gasteiger partial charge in [-0.2, -0.15) is 0 Å². The van der Waals surface area contributed by atoms with E-state index >= 15 is 0 Å². The molecule has 0 amide bonds. The molecule has 4 atom stereocenters. The Morgan fingerprint density at radius 3 is 1.13 bits per heavy atom. The van der Waals surface area contributed by atoms with Crippen LogP contribution in [-0.4, -0.2) is 0 Å². The van der Waals surface area contributed by atoms with E-state index in [9.17, 15) is 0 Å². The molecule has 0 saturated heterocycles. The van der Waals surface area contributed by atoms with Crippen molar-refractivity contribution in [2.24, 2.45) is 32.5 Å². The first kappa shape index (κ1) is 6.67. The summed E-state index contributed by atoms with van der Waals surface area (Å²) < 4.78 is 0. The van der Waals surface area contributed by atoms with Gasteiger partial charge in [-0.3, -0.25) is 0 Å². The van der Waals surface area contributed by atoms with Crippen molar-refractivity contribution in [2.75, 3.05) is 0 Å². The highest BCUT2D eigenvalue weighted by atomic mass is 15.1. The topological polar surface area (TPSA) is 0 Å². The van der Waals surface area contributed by atoms with Gasteiger partial charge in [-0.1, -0.05) is 0 Å². The maximum atomic E-state index is 1.71. The summed E-state index contributed by atoms with van der Waals surface area (Å²) in [7, 11) is 0. The molecule has 0 heteroatoms. The van der Waals surface area contributed by atoms with Gasteiger partial charge >= 0.3 is 0 Å². The van der Waals surface area contributed by atoms with Crippen molar-refractivity contribution in [1.82, 2.24) is 0 Å². The summed E-state index contributed by atoms with van der Waals surface area (Å²) in [4.78, 5) is 0. The van der Waals surface area contributed by atoms with Gasteiger partial charge in [-0.15, -0.1) is 0 Å². The van der Waals surface area contributed by atoms with E-state index in [-0.39, 0.29) is 0 Å². The van der Waals surface area contributed by atoms with Crippen LogP contribution in [0, 0.1) is 32.5 Å². The Morgan fingerprint density at radius 1 is 0.400 bits per heavy atom. The SMILES string of the molecule is C1CC12C[C@@]21C[C@@]12C[C@@]21C[C@@]12CC21CC1. The lowest BCUT2D eigenvalue weighted by Gasteiger charge is -1.94. The van der Waals surface area contributed by atoms with Crippen LogP contribution < -0.4 is 0 Å². The molecule has 7 aliphatic rings. The standard InChI is InChI=1S/C15H18/c1-2-10(1)5-12(10)7-14(12)9-15(14)8-13(15)6-11(13)3-4-11/h1-9H2/t12-,13-,14-,15-/m1/s1. The smallest absolute Gasteiger partial charge is 0.0161 e. The average molecular weight is 198 g/mol. The number of hydrogen-bond donors (Lipinski definition) is 0. The van der Waals surface area contributed by atoms with Crippen LogP contribution in [0.3, 0.4) is 0 Å². The van der Waals surface area contributed by atoms with E-state index in [0.717, 1.165) is 32.5 Å². The van der Waals surface area contributed by atoms with Gasteiger partial charge in [0.2, 0.25) is 0 Å². The van der Waals surface area contributed by atoms with Gasteiger partial charge in [0, 0.05) is 0 Å². The number of rotatable bonds is 0. The zero-order valence-corrected chi connectivity index (χ0v) is 9.36. The second-order valence-corrected chi connectivity index (χ2v) is 8.77. The Morgan fingerprint density at radius 2 is 0.800 bits per heavy atom. The molecule has 0 radical (unpaired) electrons. The zero-order chi connectivity index (χ0) is 9.36. The maximum absolute atomic E-state index is 1.71. The van der Waals surface area contributed by atoms with E-state index in [1.165, 1.54) is 0 Å². The van der Waals surface area contributed by atoms with Crippen LogP contribution in [0.15, 0.2) is 0 Å². The molecule has 7 aliphatic carbocycles. The Labute approximate surface area is 90.8 Å². The Hall–Kier alpha value is 0. The normalized spacial score (nSPS) is 78.4. The monoisotopic (exact) mass is 198 g/mol. The highest BCUT2D eigenvalue weighted by Gasteiger charge is 3.10. The predicted molar refractivity (Wildman–Crippen MR) is 56.2 cm³/mol. The van der Waals surface area contributed by atoms with Crippen LogP contribution in [0.4, 0.5) is 0 Å². The third-order valence-electron chi connectivity index (χ3n) is 8.95. The molecule has 0 bridgehead atoms. The molecule has 7 saturated carbocycles. The van der Waals surface area contributed by atoms with Crippen molar-refractivity contribution in [1.29, 1.82) is 0 Å². The lowest BCUT2D eigenvalue weighted by Crippen LogP contribution is -1.92. The van der Waals surface area contributed by atoms with E-state index in [1.54, 1.807) is 57.8 Å². The minimum Gasteiger partial charge on any atom is -0.0465 e. The third-order valence-corrected chi connectivity index (χ3v) is 8.95. The Bertz CT molecular complexity index is 438. The van der Waals surface area contributed by atoms with Crippen LogP contribution in [-0.2, 0) is 0 Å². The van der Waals surface area contributed by atoms with Crippen molar-refractivity contribution in [2.45, 2.75) is 57.8 Å². The molecular formula is C15H18. The first-order chi connectivity index (χ1) is 7.20. The second-order valence-electron chi connectivity index (χ2n) is 8.77. The zero-order valence-electron chi connectivity index (χ0n) is 9.36. The van der Waals surface area contributed by atoms with Gasteiger partial charge in [-0.25, -0.2) is 0 Å². The maximum Gasteiger partial charge on any atom is -0.0161 e. The highest BCUT2D eigenvalue weighted by molar-refractivity contribution is 5.58. The molecule has 7 fully saturated rings. The molecule has 6 spiro atoms. The van der Waals surface area contributed by atoms with Crippen molar-refractivity contribution < 1.29 is 0 Å². The largest absolute Gasteiger partial charge is 0.0465 e. The molecule has 0 aromatic rings. The van der Waals surface area contributed by atoms with Crippen molar-refractivity contribution >= 4 is 0 Å². The van der Waals surface area contributed by atoms with E-state index in [2.05, 4.69) is 0 Å². The summed E-state index contributed by atoms with van der Waals surface area (Å²) in [5, 5.41) is 0. The second kappa shape index (κ2) is 1.17. The molecule has 0 aromatic carbocycles. The molecule has 0 N–H and O–H groups in total. The van der Waals surface area contributed by atoms with Crippen LogP contribution in [0.1, 0.15) is 57.8 Å². The molecule has 7 rings (SSSR count). The first-order valence-electron chi connectivity index (χ1n) is 7.20. The van der Waals surface area contributed by atoms with Gasteiger partial charge in [0.25, 0.3) is 0 Å². The molecule has 0 heterocycles. The van der Waals surface area contributed by atoms with Crippen LogP contribution >= 0.6 is 0 Å². The molecule has 15 heavy (non-hydrogen) atoms. The van der Waals surface area contributed by atoms with E-state index in [4.69, 9.17) is 0 Å². The predicted octanol–water partition coefficient (Wildman–Crippen LogP) is 3.51. The summed E-state index contributed by atoms with van der Waals surface area (Å²) >= 11 is 0. The fourth-order valence-corrected chi connectivity index (χ4v) is 7.66. The van der Waals surface area contributed by atoms with E-state index < -0.39 is 0 Å². The average Bonchev–Trinajstić information content (AvgIpc) is 3.06. The van der Waals surface area contributed by atoms with Crippen molar-refractivity contribution in [3.63, 3.8) is 0 Å². The number of fused-ring (bicyclic) bond motifs is 5. The molecule has 78 valence electrons. The van der Waals surface area contributed by atoms with Crippen molar-refractivity contribution in [3.8, 4) is 0 Å². The first-order valence-corrected chi connectivity index (χ1v) is 7.20. The van der Waals surface area contributed by atoms with E-state index in [1.807, 2.05) is 0 Å². The summed E-state index contributed by atoms with van der Waals surface area (Å²) in [6.45, 7) is 0. The fraction of sp³-hybridized carbons (Fsp3) is 1.00. The fourth-order valence-electron chi connectivity index (χ4n) is 7.66. The lowest BCUT2D eigenvalue weighted by atomic mass is 10.1. The summed E-state index contributed by atoms with van der Waals surface area (Å²) in [6, 6.07) is 0. The molecule has 0 nitrogen and oxygen atoms in total. The van der Waals surface area contributed by atoms with Gasteiger partial charge in [0.1, 0.15) is 0 Å². The lowest BCUT2D eigenvalue weighted by molar-refractivity contribution is 0.511. The van der Waals surface area contributed by atoms with Gasteiger partial charge in [0.05, 0.1) is 0 Å². The summed E-state index contributed by atoms with van der Waals surface area (Å²) in [6.07, 6.45) is 15.0. The Kier molecular flexibility index (Phi) is 0.519. The highest BCUT2D eigenvalue weighted by Crippen LogP contribution is 3.17. The molecule has 0 unspecified atom stereocenters. The molecule has 0 aromatic heterocycles. The van der Waals surface area contributed by atoms with E-state index in [0.29, 0.717) is 0 Å². The van der Waals surface area contributed by atoms with Crippen LogP contribution in [0.5, 0.6) is 0 Å². The summed E-state index contributed by atoms with van der Waals surface area (Å²) in [5.41, 5.74) is 5.99. The van der Waals surface area contributed by atoms with Gasteiger partial charge in [0.15, 0.2) is 0 Å². The third kappa shape index (κ3) is 0.358. The summed E-state index contributed by atoms with van der Waals surface area (Å²) in [5.74, 6) is 0.